The summed E-state index contributed by atoms with van der Waals surface area (Å²) in [5.41, 5.74) is 1.07. The second-order valence-electron chi connectivity index (χ2n) is 3.85. The van der Waals surface area contributed by atoms with Crippen LogP contribution in [0.15, 0.2) is 23.1 Å². The van der Waals surface area contributed by atoms with Crippen molar-refractivity contribution >= 4 is 17.7 Å². The van der Waals surface area contributed by atoms with Gasteiger partial charge in [0.15, 0.2) is 0 Å². The second-order valence-corrected chi connectivity index (χ2v) is 5.30. The molecule has 88 valence electrons. The maximum Gasteiger partial charge on any atom is 0.335 e. The van der Waals surface area contributed by atoms with Crippen molar-refractivity contribution in [3.05, 3.63) is 29.3 Å². The third-order valence-electron chi connectivity index (χ3n) is 2.43. The molecule has 0 aliphatic carbocycles. The van der Waals surface area contributed by atoms with Gasteiger partial charge in [0.25, 0.3) is 0 Å². The summed E-state index contributed by atoms with van der Waals surface area (Å²) in [7, 11) is 0. The van der Waals surface area contributed by atoms with Gasteiger partial charge in [0.05, 0.1) is 11.7 Å². The number of aromatic carboxylic acids is 1. The van der Waals surface area contributed by atoms with Crippen LogP contribution in [0.5, 0.6) is 0 Å². The number of aryl methyl sites for hydroxylation is 1. The first kappa shape index (κ1) is 13.1. The quantitative estimate of drug-likeness (QED) is 0.794. The molecule has 16 heavy (non-hydrogen) atoms. The number of carbonyl (C=O) groups is 1. The van der Waals surface area contributed by atoms with Crippen LogP contribution in [-0.4, -0.2) is 27.5 Å². The predicted octanol–water partition coefficient (Wildman–Crippen LogP) is 2.55. The lowest BCUT2D eigenvalue weighted by atomic mass is 10.1. The summed E-state index contributed by atoms with van der Waals surface area (Å²) >= 11 is 1.54. The molecule has 0 fully saturated rings. The molecule has 4 heteroatoms. The monoisotopic (exact) mass is 240 g/mol. The Labute approximate surface area is 99.5 Å². The average Bonchev–Trinajstić information content (AvgIpc) is 2.16. The minimum Gasteiger partial charge on any atom is -0.478 e. The smallest absolute Gasteiger partial charge is 0.335 e. The molecule has 2 N–H and O–H groups in total. The van der Waals surface area contributed by atoms with Crippen molar-refractivity contribution in [3.63, 3.8) is 0 Å². The summed E-state index contributed by atoms with van der Waals surface area (Å²) in [4.78, 5) is 11.8. The summed E-state index contributed by atoms with van der Waals surface area (Å²) in [5, 5.41) is 18.4. The Bertz CT molecular complexity index is 388. The number of rotatable bonds is 4. The molecule has 0 aliphatic rings. The average molecular weight is 240 g/mol. The molecule has 0 aromatic heterocycles. The van der Waals surface area contributed by atoms with Gasteiger partial charge >= 0.3 is 5.97 Å². The Kier molecular flexibility index (Phi) is 4.38. The van der Waals surface area contributed by atoms with Crippen molar-refractivity contribution in [2.45, 2.75) is 37.0 Å². The summed E-state index contributed by atoms with van der Waals surface area (Å²) in [6, 6.07) is 5.22. The van der Waals surface area contributed by atoms with E-state index >= 15 is 0 Å². The summed E-state index contributed by atoms with van der Waals surface area (Å²) < 4.78 is 0. The van der Waals surface area contributed by atoms with E-state index in [0.29, 0.717) is 5.56 Å². The first-order chi connectivity index (χ1) is 7.41. The Hall–Kier alpha value is -1.00. The van der Waals surface area contributed by atoms with Gasteiger partial charge in [-0.25, -0.2) is 4.79 Å². The highest BCUT2D eigenvalue weighted by molar-refractivity contribution is 8.00. The van der Waals surface area contributed by atoms with Gasteiger partial charge in [-0.05, 0) is 37.6 Å². The molecule has 0 radical (unpaired) electrons. The van der Waals surface area contributed by atoms with E-state index in [1.807, 2.05) is 13.0 Å². The largest absolute Gasteiger partial charge is 0.478 e. The lowest BCUT2D eigenvalue weighted by molar-refractivity contribution is 0.0696. The van der Waals surface area contributed by atoms with Gasteiger partial charge in [0.2, 0.25) is 0 Å². The molecule has 0 spiro atoms. The zero-order valence-electron chi connectivity index (χ0n) is 9.60. The van der Waals surface area contributed by atoms with E-state index in [1.165, 1.54) is 0 Å². The first-order valence-corrected chi connectivity index (χ1v) is 5.98. The standard InChI is InChI=1S/C12H16O3S/c1-7-6-10(16-9(3)8(2)13)4-5-11(7)12(14)15/h4-6,8-9,13H,1-3H3,(H,14,15). The molecule has 0 heterocycles. The van der Waals surface area contributed by atoms with Gasteiger partial charge in [0.1, 0.15) is 0 Å². The summed E-state index contributed by atoms with van der Waals surface area (Å²) in [6.07, 6.45) is -0.385. The summed E-state index contributed by atoms with van der Waals surface area (Å²) in [5.74, 6) is -0.905. The van der Waals surface area contributed by atoms with E-state index in [2.05, 4.69) is 0 Å². The van der Waals surface area contributed by atoms with E-state index < -0.39 is 5.97 Å². The Balaban J connectivity index is 2.85. The van der Waals surface area contributed by atoms with Crippen LogP contribution in [0.25, 0.3) is 0 Å². The number of carboxylic acid groups (broad SMARTS) is 1. The molecule has 0 saturated heterocycles. The van der Waals surface area contributed by atoms with Gasteiger partial charge < -0.3 is 10.2 Å². The van der Waals surface area contributed by atoms with E-state index in [9.17, 15) is 9.90 Å². The van der Waals surface area contributed by atoms with Gasteiger partial charge in [-0.3, -0.25) is 0 Å². The maximum atomic E-state index is 10.8. The number of hydrogen-bond acceptors (Lipinski definition) is 3. The molecule has 0 bridgehead atoms. The van der Waals surface area contributed by atoms with Crippen molar-refractivity contribution in [2.24, 2.45) is 0 Å². The van der Waals surface area contributed by atoms with Crippen LogP contribution >= 0.6 is 11.8 Å². The molecule has 0 amide bonds. The van der Waals surface area contributed by atoms with Crippen LogP contribution in [-0.2, 0) is 0 Å². The topological polar surface area (TPSA) is 57.5 Å². The van der Waals surface area contributed by atoms with Crippen molar-refractivity contribution < 1.29 is 15.0 Å². The first-order valence-electron chi connectivity index (χ1n) is 5.10. The van der Waals surface area contributed by atoms with Crippen LogP contribution in [0.2, 0.25) is 0 Å². The fourth-order valence-electron chi connectivity index (χ4n) is 1.26. The fraction of sp³-hybridized carbons (Fsp3) is 0.417. The van der Waals surface area contributed by atoms with Gasteiger partial charge in [-0.1, -0.05) is 6.92 Å². The van der Waals surface area contributed by atoms with E-state index in [0.717, 1.165) is 10.5 Å². The summed E-state index contributed by atoms with van der Waals surface area (Å²) in [6.45, 7) is 5.46. The normalized spacial score (nSPS) is 14.5. The van der Waals surface area contributed by atoms with E-state index in [-0.39, 0.29) is 11.4 Å². The molecule has 1 aromatic rings. The van der Waals surface area contributed by atoms with E-state index in [4.69, 9.17) is 5.11 Å². The SMILES string of the molecule is Cc1cc(SC(C)C(C)O)ccc1C(=O)O. The lowest BCUT2D eigenvalue weighted by Crippen LogP contribution is -2.14. The highest BCUT2D eigenvalue weighted by Gasteiger charge is 2.12. The number of thioether (sulfide) groups is 1. The van der Waals surface area contributed by atoms with Crippen LogP contribution in [0.4, 0.5) is 0 Å². The van der Waals surface area contributed by atoms with Crippen LogP contribution in [0.1, 0.15) is 29.8 Å². The van der Waals surface area contributed by atoms with Crippen molar-refractivity contribution in [3.8, 4) is 0 Å². The highest BCUT2D eigenvalue weighted by atomic mass is 32.2. The Morgan fingerprint density at radius 3 is 2.44 bits per heavy atom. The minimum atomic E-state index is -0.905. The zero-order chi connectivity index (χ0) is 12.3. The number of hydrogen-bond donors (Lipinski definition) is 2. The number of carboxylic acids is 1. The van der Waals surface area contributed by atoms with Crippen LogP contribution in [0.3, 0.4) is 0 Å². The van der Waals surface area contributed by atoms with Crippen molar-refractivity contribution in [1.29, 1.82) is 0 Å². The van der Waals surface area contributed by atoms with Crippen LogP contribution in [0, 0.1) is 6.92 Å². The number of aliphatic hydroxyl groups excluding tert-OH is 1. The molecule has 0 aliphatic heterocycles. The molecule has 1 rings (SSSR count). The molecule has 2 unspecified atom stereocenters. The third kappa shape index (κ3) is 3.25. The molecular formula is C12H16O3S. The highest BCUT2D eigenvalue weighted by Crippen LogP contribution is 2.27. The fourth-order valence-corrected chi connectivity index (χ4v) is 2.28. The van der Waals surface area contributed by atoms with Crippen LogP contribution < -0.4 is 0 Å². The maximum absolute atomic E-state index is 10.8. The van der Waals surface area contributed by atoms with Gasteiger partial charge in [-0.2, -0.15) is 0 Å². The van der Waals surface area contributed by atoms with Gasteiger partial charge in [0, 0.05) is 10.1 Å². The number of aliphatic hydroxyl groups is 1. The van der Waals surface area contributed by atoms with Crippen molar-refractivity contribution in [1.82, 2.24) is 0 Å². The van der Waals surface area contributed by atoms with Crippen molar-refractivity contribution in [2.75, 3.05) is 0 Å². The number of benzene rings is 1. The molecule has 3 nitrogen and oxygen atoms in total. The Morgan fingerprint density at radius 1 is 1.38 bits per heavy atom. The second kappa shape index (κ2) is 5.37. The molecule has 2 atom stereocenters. The molecular weight excluding hydrogens is 224 g/mol. The zero-order valence-corrected chi connectivity index (χ0v) is 10.4. The molecule has 0 saturated carbocycles. The predicted molar refractivity (Wildman–Crippen MR) is 65.1 cm³/mol. The van der Waals surface area contributed by atoms with E-state index in [1.54, 1.807) is 37.7 Å². The Morgan fingerprint density at radius 2 is 2.00 bits per heavy atom. The lowest BCUT2D eigenvalue weighted by Gasteiger charge is -2.14. The van der Waals surface area contributed by atoms with Gasteiger partial charge in [-0.15, -0.1) is 11.8 Å². The molecule has 1 aromatic carbocycles. The third-order valence-corrected chi connectivity index (χ3v) is 3.72. The minimum absolute atomic E-state index is 0.0927.